The van der Waals surface area contributed by atoms with E-state index in [2.05, 4.69) is 78.0 Å². The highest BCUT2D eigenvalue weighted by Gasteiger charge is 2.30. The lowest BCUT2D eigenvalue weighted by Gasteiger charge is -2.16. The first-order valence-corrected chi connectivity index (χ1v) is 13.4. The van der Waals surface area contributed by atoms with Crippen molar-refractivity contribution in [1.82, 2.24) is 15.2 Å². The Balaban J connectivity index is 1.53. The van der Waals surface area contributed by atoms with Crippen LogP contribution in [0.4, 0.5) is 0 Å². The molecule has 7 heteroatoms. The summed E-state index contributed by atoms with van der Waals surface area (Å²) in [6, 6.07) is -0.122. The number of amides is 2. The number of unbranched alkanes of at least 4 members (excludes halogenated alkanes) is 1. The maximum absolute atomic E-state index is 12.5. The van der Waals surface area contributed by atoms with Crippen LogP contribution in [0.25, 0.3) is 0 Å². The predicted octanol–water partition coefficient (Wildman–Crippen LogP) is 5.17. The average Bonchev–Trinajstić information content (AvgIpc) is 3.34. The van der Waals surface area contributed by atoms with Crippen LogP contribution in [0, 0.1) is 6.92 Å². The summed E-state index contributed by atoms with van der Waals surface area (Å²) in [4.78, 5) is 30.8. The molecular weight excluding hydrogens is 464 g/mol. The van der Waals surface area contributed by atoms with Crippen molar-refractivity contribution in [3.05, 3.63) is 84.5 Å². The number of nitrogens with zero attached hydrogens (tertiary/aromatic N) is 3. The number of likely N-dealkylation sites (tertiary alicyclic amines) is 1. The number of hydrogen-bond acceptors (Lipinski definition) is 4. The van der Waals surface area contributed by atoms with Gasteiger partial charge in [-0.25, -0.2) is 4.98 Å². The van der Waals surface area contributed by atoms with Crippen molar-refractivity contribution in [2.24, 2.45) is 0 Å². The van der Waals surface area contributed by atoms with Gasteiger partial charge < -0.3 is 10.2 Å². The van der Waals surface area contributed by atoms with Crippen LogP contribution < -0.4 is 10.0 Å². The molecular formula is C30H43N4O3+. The minimum atomic E-state index is -0.396. The van der Waals surface area contributed by atoms with E-state index < -0.39 is 5.91 Å². The van der Waals surface area contributed by atoms with Crippen LogP contribution in [-0.4, -0.2) is 46.0 Å². The lowest BCUT2D eigenvalue weighted by Crippen LogP contribution is -2.46. The molecule has 0 bridgehead atoms. The van der Waals surface area contributed by atoms with Crippen LogP contribution in [0.2, 0.25) is 0 Å². The van der Waals surface area contributed by atoms with Gasteiger partial charge in [0, 0.05) is 30.3 Å². The topological polar surface area (TPSA) is 86.4 Å². The van der Waals surface area contributed by atoms with Crippen LogP contribution >= 0.6 is 0 Å². The molecule has 0 spiro atoms. The van der Waals surface area contributed by atoms with Crippen LogP contribution in [0.15, 0.2) is 73.2 Å². The van der Waals surface area contributed by atoms with Crippen molar-refractivity contribution in [2.75, 3.05) is 13.1 Å². The van der Waals surface area contributed by atoms with Crippen molar-refractivity contribution in [3.8, 4) is 0 Å². The third-order valence-corrected chi connectivity index (χ3v) is 5.97. The van der Waals surface area contributed by atoms with E-state index in [1.807, 2.05) is 4.90 Å². The fourth-order valence-corrected chi connectivity index (χ4v) is 3.93. The first-order valence-electron chi connectivity index (χ1n) is 13.4. The highest BCUT2D eigenvalue weighted by molar-refractivity contribution is 5.90. The zero-order chi connectivity index (χ0) is 26.7. The minimum Gasteiger partial charge on any atom is -0.342 e. The number of carbonyl (C=O) groups is 2. The summed E-state index contributed by atoms with van der Waals surface area (Å²) in [6.45, 7) is 5.01. The van der Waals surface area contributed by atoms with Gasteiger partial charge in [0.15, 0.2) is 0 Å². The van der Waals surface area contributed by atoms with Crippen molar-refractivity contribution in [3.63, 3.8) is 0 Å². The summed E-state index contributed by atoms with van der Waals surface area (Å²) in [7, 11) is 0. The summed E-state index contributed by atoms with van der Waals surface area (Å²) >= 11 is 0. The lowest BCUT2D eigenvalue weighted by atomic mass is 10.2. The van der Waals surface area contributed by atoms with Crippen LogP contribution in [0.3, 0.4) is 0 Å². The molecule has 0 aliphatic carbocycles. The summed E-state index contributed by atoms with van der Waals surface area (Å²) in [5, 5.41) is 12.8. The summed E-state index contributed by atoms with van der Waals surface area (Å²) in [5.41, 5.74) is 0.689. The summed E-state index contributed by atoms with van der Waals surface area (Å²) in [6.07, 6.45) is 32.4. The van der Waals surface area contributed by atoms with Gasteiger partial charge in [-0.1, -0.05) is 67.7 Å². The molecule has 1 atom stereocenters. The van der Waals surface area contributed by atoms with Crippen molar-refractivity contribution < 1.29 is 19.5 Å². The second kappa shape index (κ2) is 17.9. The maximum Gasteiger partial charge on any atom is 0.339 e. The van der Waals surface area contributed by atoms with Crippen LogP contribution in [-0.2, 0) is 4.79 Å². The standard InChI is InChI=1S/C30H42N4O3/c1-3-4-5-6-7-8-9-10-11-12-13-14-15-16-17-18-19-20-29(35)33-22-21-27(25-33)32-30(36)28-23-31-26(2)24-34(28)37/h4-5,7-8,10-11,13-14,16-17,23-24,27H,3,6,9,12,15,18-22,25H2,1-2H3,(H-,31,32,36,37)/p+1/b5-4-,8-7-,11-10-,14-13-,17-16-/t27-/m0/s1. The number of hydrogen-bond donors (Lipinski definition) is 2. The van der Waals surface area contributed by atoms with E-state index in [9.17, 15) is 14.8 Å². The van der Waals surface area contributed by atoms with Gasteiger partial charge >= 0.3 is 11.6 Å². The van der Waals surface area contributed by atoms with Gasteiger partial charge in [-0.05, 0) is 58.3 Å². The molecule has 1 aromatic rings. The second-order valence-electron chi connectivity index (χ2n) is 9.16. The summed E-state index contributed by atoms with van der Waals surface area (Å²) in [5.74, 6) is -0.272. The molecule has 2 heterocycles. The SMILES string of the molecule is CC/C=C\C/C=C\C/C=C\C/C=C\C/C=C\CCCC(=O)N1CC[C@H](NC(=O)c2cnc(C)c[n+]2O)C1. The van der Waals surface area contributed by atoms with E-state index in [0.29, 0.717) is 31.6 Å². The predicted molar refractivity (Wildman–Crippen MR) is 147 cm³/mol. The molecule has 1 aliphatic rings. The monoisotopic (exact) mass is 507 g/mol. The summed E-state index contributed by atoms with van der Waals surface area (Å²) < 4.78 is 0.782. The lowest BCUT2D eigenvalue weighted by molar-refractivity contribution is -0.906. The second-order valence-corrected chi connectivity index (χ2v) is 9.16. The van der Waals surface area contributed by atoms with Gasteiger partial charge in [0.2, 0.25) is 12.1 Å². The molecule has 1 saturated heterocycles. The first-order chi connectivity index (χ1) is 18.0. The number of aromatic nitrogens is 2. The molecule has 1 aliphatic heterocycles. The minimum absolute atomic E-state index is 0.0763. The van der Waals surface area contributed by atoms with E-state index in [1.54, 1.807) is 6.92 Å². The Hall–Kier alpha value is -3.48. The van der Waals surface area contributed by atoms with Gasteiger partial charge in [-0.3, -0.25) is 14.8 Å². The molecule has 2 N–H and O–H groups in total. The van der Waals surface area contributed by atoms with Crippen molar-refractivity contribution in [1.29, 1.82) is 0 Å². The van der Waals surface area contributed by atoms with E-state index in [-0.39, 0.29) is 17.6 Å². The van der Waals surface area contributed by atoms with Gasteiger partial charge in [-0.15, -0.1) is 0 Å². The van der Waals surface area contributed by atoms with E-state index in [1.165, 1.54) is 12.4 Å². The maximum atomic E-state index is 12.5. The Morgan fingerprint density at radius 1 is 1.03 bits per heavy atom. The van der Waals surface area contributed by atoms with E-state index in [0.717, 1.165) is 49.7 Å². The molecule has 2 rings (SSSR count). The Morgan fingerprint density at radius 2 is 1.62 bits per heavy atom. The molecule has 37 heavy (non-hydrogen) atoms. The van der Waals surface area contributed by atoms with Crippen LogP contribution in [0.5, 0.6) is 0 Å². The van der Waals surface area contributed by atoms with Gasteiger partial charge in [0.25, 0.3) is 0 Å². The molecule has 0 aromatic carbocycles. The Bertz CT molecular complexity index is 995. The zero-order valence-corrected chi connectivity index (χ0v) is 22.4. The molecule has 1 aromatic heterocycles. The normalized spacial score (nSPS) is 16.4. The van der Waals surface area contributed by atoms with Crippen molar-refractivity contribution in [2.45, 2.75) is 77.7 Å². The van der Waals surface area contributed by atoms with Crippen LogP contribution in [0.1, 0.15) is 80.9 Å². The third kappa shape index (κ3) is 12.4. The quantitative estimate of drug-likeness (QED) is 0.148. The smallest absolute Gasteiger partial charge is 0.339 e. The fourth-order valence-electron chi connectivity index (χ4n) is 3.93. The molecule has 0 radical (unpaired) electrons. The molecule has 0 saturated carbocycles. The average molecular weight is 508 g/mol. The highest BCUT2D eigenvalue weighted by Crippen LogP contribution is 2.13. The van der Waals surface area contributed by atoms with E-state index in [4.69, 9.17) is 0 Å². The number of nitrogens with one attached hydrogen (secondary N) is 1. The highest BCUT2D eigenvalue weighted by atomic mass is 16.5. The number of rotatable bonds is 15. The first kappa shape index (κ1) is 29.7. The number of carbonyl (C=O) groups excluding carboxylic acids is 2. The Kier molecular flexibility index (Phi) is 14.4. The van der Waals surface area contributed by atoms with Gasteiger partial charge in [0.1, 0.15) is 11.9 Å². The van der Waals surface area contributed by atoms with Gasteiger partial charge in [0.05, 0.1) is 0 Å². The molecule has 7 nitrogen and oxygen atoms in total. The van der Waals surface area contributed by atoms with E-state index >= 15 is 0 Å². The molecule has 1 fully saturated rings. The fraction of sp³-hybridized carbons (Fsp3) is 0.467. The Morgan fingerprint density at radius 3 is 2.22 bits per heavy atom. The zero-order valence-electron chi connectivity index (χ0n) is 22.4. The molecule has 0 unspecified atom stereocenters. The number of allylic oxidation sites excluding steroid dienone is 10. The number of aryl methyl sites for hydroxylation is 1. The van der Waals surface area contributed by atoms with Gasteiger partial charge in [-0.2, -0.15) is 0 Å². The third-order valence-electron chi connectivity index (χ3n) is 5.97. The Labute approximate surface area is 221 Å². The van der Waals surface area contributed by atoms with Crippen molar-refractivity contribution >= 4 is 11.8 Å². The molecule has 200 valence electrons. The molecule has 2 amide bonds. The largest absolute Gasteiger partial charge is 0.342 e.